The van der Waals surface area contributed by atoms with Crippen molar-refractivity contribution >= 4 is 11.8 Å². The van der Waals surface area contributed by atoms with E-state index < -0.39 is 6.04 Å². The molecule has 0 radical (unpaired) electrons. The van der Waals surface area contributed by atoms with Gasteiger partial charge in [-0.25, -0.2) is 0 Å². The van der Waals surface area contributed by atoms with Crippen LogP contribution in [0, 0.1) is 30.1 Å². The van der Waals surface area contributed by atoms with Crippen LogP contribution in [-0.4, -0.2) is 36.3 Å². The van der Waals surface area contributed by atoms with Crippen molar-refractivity contribution < 1.29 is 9.59 Å². The predicted octanol–water partition coefficient (Wildman–Crippen LogP) is 2.37. The van der Waals surface area contributed by atoms with Crippen LogP contribution in [-0.2, 0) is 4.79 Å². The number of hydrogen-bond donors (Lipinski definition) is 1. The lowest BCUT2D eigenvalue weighted by molar-refractivity contribution is -0.133. The van der Waals surface area contributed by atoms with Crippen LogP contribution in [0.4, 0.5) is 0 Å². The lowest BCUT2D eigenvalue weighted by atomic mass is 10.0. The molecule has 2 amide bonds. The Kier molecular flexibility index (Phi) is 6.77. The van der Waals surface area contributed by atoms with Crippen molar-refractivity contribution in [1.29, 1.82) is 5.26 Å². The zero-order valence-corrected chi connectivity index (χ0v) is 14.5. The molecule has 0 saturated heterocycles. The van der Waals surface area contributed by atoms with Crippen LogP contribution < -0.4 is 5.32 Å². The molecule has 0 fully saturated rings. The standard InChI is InChI=1S/C18H25N3O2/c1-12(2)16(18(23)21(5)11-13(3)10-19)20-17(22)15-9-7-6-8-14(15)4/h6-9,12-13,16H,11H2,1-5H3,(H,20,22). The Bertz CT molecular complexity index is 605. The van der Waals surface area contributed by atoms with Crippen LogP contribution in [0.5, 0.6) is 0 Å². The first-order valence-corrected chi connectivity index (χ1v) is 7.79. The smallest absolute Gasteiger partial charge is 0.252 e. The SMILES string of the molecule is Cc1ccccc1C(=O)NC(C(=O)N(C)CC(C)C#N)C(C)C. The number of hydrogen-bond acceptors (Lipinski definition) is 3. The molecule has 124 valence electrons. The van der Waals surface area contributed by atoms with E-state index in [0.29, 0.717) is 12.1 Å². The number of likely N-dealkylation sites (N-methyl/N-ethyl adjacent to an activating group) is 1. The summed E-state index contributed by atoms with van der Waals surface area (Å²) in [5.74, 6) is -0.722. The molecule has 23 heavy (non-hydrogen) atoms. The first-order valence-electron chi connectivity index (χ1n) is 7.79. The summed E-state index contributed by atoms with van der Waals surface area (Å²) in [6.45, 7) is 7.76. The minimum Gasteiger partial charge on any atom is -0.343 e. The molecular formula is C18H25N3O2. The van der Waals surface area contributed by atoms with Crippen molar-refractivity contribution in [2.45, 2.75) is 33.7 Å². The quantitative estimate of drug-likeness (QED) is 0.876. The molecule has 0 spiro atoms. The molecule has 1 rings (SSSR count). The Morgan fingerprint density at radius 1 is 1.26 bits per heavy atom. The molecule has 0 heterocycles. The first kappa shape index (κ1) is 18.7. The van der Waals surface area contributed by atoms with Crippen molar-refractivity contribution in [2.24, 2.45) is 11.8 Å². The van der Waals surface area contributed by atoms with E-state index >= 15 is 0 Å². The average Bonchev–Trinajstić information content (AvgIpc) is 2.51. The fraction of sp³-hybridized carbons (Fsp3) is 0.500. The second-order valence-electron chi connectivity index (χ2n) is 6.26. The highest BCUT2D eigenvalue weighted by atomic mass is 16.2. The number of nitrogens with zero attached hydrogens (tertiary/aromatic N) is 2. The molecule has 5 nitrogen and oxygen atoms in total. The van der Waals surface area contributed by atoms with Gasteiger partial charge in [0.15, 0.2) is 0 Å². The summed E-state index contributed by atoms with van der Waals surface area (Å²) in [4.78, 5) is 26.6. The summed E-state index contributed by atoms with van der Waals surface area (Å²) >= 11 is 0. The Labute approximate surface area is 138 Å². The number of benzene rings is 1. The summed E-state index contributed by atoms with van der Waals surface area (Å²) in [5.41, 5.74) is 1.44. The highest BCUT2D eigenvalue weighted by Gasteiger charge is 2.28. The van der Waals surface area contributed by atoms with Gasteiger partial charge in [0.25, 0.3) is 5.91 Å². The molecule has 1 N–H and O–H groups in total. The summed E-state index contributed by atoms with van der Waals surface area (Å²) in [5, 5.41) is 11.7. The fourth-order valence-electron chi connectivity index (χ4n) is 2.34. The number of rotatable bonds is 6. The normalized spacial score (nSPS) is 13.1. The third kappa shape index (κ3) is 5.10. The second-order valence-corrected chi connectivity index (χ2v) is 6.26. The molecule has 0 aliphatic rings. The van der Waals surface area contributed by atoms with Crippen molar-refractivity contribution in [3.63, 3.8) is 0 Å². The van der Waals surface area contributed by atoms with Crippen LogP contribution in [0.15, 0.2) is 24.3 Å². The second kappa shape index (κ2) is 8.33. The molecule has 0 bridgehead atoms. The van der Waals surface area contributed by atoms with E-state index in [1.807, 2.05) is 32.9 Å². The van der Waals surface area contributed by atoms with Gasteiger partial charge in [-0.3, -0.25) is 9.59 Å². The maximum absolute atomic E-state index is 12.6. The Morgan fingerprint density at radius 2 is 1.87 bits per heavy atom. The van der Waals surface area contributed by atoms with Crippen LogP contribution >= 0.6 is 0 Å². The largest absolute Gasteiger partial charge is 0.343 e. The van der Waals surface area contributed by atoms with E-state index in [1.165, 1.54) is 4.90 Å². The molecule has 1 aromatic rings. The van der Waals surface area contributed by atoms with Crippen molar-refractivity contribution in [2.75, 3.05) is 13.6 Å². The third-order valence-corrected chi connectivity index (χ3v) is 3.75. The van der Waals surface area contributed by atoms with Gasteiger partial charge in [0.05, 0.1) is 12.0 Å². The lowest BCUT2D eigenvalue weighted by Gasteiger charge is -2.27. The van der Waals surface area contributed by atoms with Gasteiger partial charge in [-0.1, -0.05) is 32.0 Å². The van der Waals surface area contributed by atoms with E-state index in [-0.39, 0.29) is 23.7 Å². The van der Waals surface area contributed by atoms with E-state index in [4.69, 9.17) is 5.26 Å². The number of nitrogens with one attached hydrogen (secondary N) is 1. The lowest BCUT2D eigenvalue weighted by Crippen LogP contribution is -2.51. The van der Waals surface area contributed by atoms with Gasteiger partial charge in [-0.2, -0.15) is 5.26 Å². The van der Waals surface area contributed by atoms with Crippen LogP contribution in [0.3, 0.4) is 0 Å². The van der Waals surface area contributed by atoms with Gasteiger partial charge in [-0.15, -0.1) is 0 Å². The molecule has 0 saturated carbocycles. The number of aryl methyl sites for hydroxylation is 1. The highest BCUT2D eigenvalue weighted by molar-refractivity contribution is 5.98. The maximum atomic E-state index is 12.6. The van der Waals surface area contributed by atoms with E-state index in [1.54, 1.807) is 26.1 Å². The van der Waals surface area contributed by atoms with Crippen molar-refractivity contribution in [3.05, 3.63) is 35.4 Å². The Morgan fingerprint density at radius 3 is 2.39 bits per heavy atom. The molecular weight excluding hydrogens is 290 g/mol. The zero-order valence-electron chi connectivity index (χ0n) is 14.5. The minimum absolute atomic E-state index is 0.0460. The first-order chi connectivity index (χ1) is 10.8. The number of carbonyl (C=O) groups is 2. The Hall–Kier alpha value is -2.35. The van der Waals surface area contributed by atoms with Crippen LogP contribution in [0.2, 0.25) is 0 Å². The topological polar surface area (TPSA) is 73.2 Å². The van der Waals surface area contributed by atoms with Crippen LogP contribution in [0.1, 0.15) is 36.7 Å². The van der Waals surface area contributed by atoms with Gasteiger partial charge in [0.2, 0.25) is 5.91 Å². The van der Waals surface area contributed by atoms with Crippen molar-refractivity contribution in [3.8, 4) is 6.07 Å². The van der Waals surface area contributed by atoms with E-state index in [0.717, 1.165) is 5.56 Å². The van der Waals surface area contributed by atoms with Gasteiger partial charge in [-0.05, 0) is 31.4 Å². The number of amides is 2. The molecule has 2 unspecified atom stereocenters. The molecule has 1 aromatic carbocycles. The van der Waals surface area contributed by atoms with Gasteiger partial charge in [0, 0.05) is 19.2 Å². The molecule has 0 aliphatic carbocycles. The minimum atomic E-state index is -0.613. The summed E-state index contributed by atoms with van der Waals surface area (Å²) in [6.07, 6.45) is 0. The van der Waals surface area contributed by atoms with E-state index in [9.17, 15) is 9.59 Å². The fourth-order valence-corrected chi connectivity index (χ4v) is 2.34. The zero-order chi connectivity index (χ0) is 17.6. The third-order valence-electron chi connectivity index (χ3n) is 3.75. The maximum Gasteiger partial charge on any atom is 0.252 e. The van der Waals surface area contributed by atoms with E-state index in [2.05, 4.69) is 11.4 Å². The monoisotopic (exact) mass is 315 g/mol. The van der Waals surface area contributed by atoms with Gasteiger partial charge >= 0.3 is 0 Å². The molecule has 2 atom stereocenters. The van der Waals surface area contributed by atoms with Gasteiger partial charge < -0.3 is 10.2 Å². The predicted molar refractivity (Wildman–Crippen MR) is 89.7 cm³/mol. The van der Waals surface area contributed by atoms with Crippen LogP contribution in [0.25, 0.3) is 0 Å². The molecule has 0 aliphatic heterocycles. The molecule has 5 heteroatoms. The molecule has 0 aromatic heterocycles. The van der Waals surface area contributed by atoms with Gasteiger partial charge in [0.1, 0.15) is 6.04 Å². The number of carbonyl (C=O) groups excluding carboxylic acids is 2. The van der Waals surface area contributed by atoms with Crippen molar-refractivity contribution in [1.82, 2.24) is 10.2 Å². The highest BCUT2D eigenvalue weighted by Crippen LogP contribution is 2.11. The number of nitriles is 1. The average molecular weight is 315 g/mol. The summed E-state index contributed by atoms with van der Waals surface area (Å²) < 4.78 is 0. The Balaban J connectivity index is 2.87. The summed E-state index contributed by atoms with van der Waals surface area (Å²) in [7, 11) is 1.66. The summed E-state index contributed by atoms with van der Waals surface area (Å²) in [6, 6.07) is 8.78.